The lowest BCUT2D eigenvalue weighted by molar-refractivity contribution is 0.0462. The van der Waals surface area contributed by atoms with Crippen LogP contribution >= 0.6 is 0 Å². The molecule has 1 heterocycles. The Morgan fingerprint density at radius 3 is 2.62 bits per heavy atom. The Morgan fingerprint density at radius 2 is 2.19 bits per heavy atom. The Hall–Kier alpha value is -1.43. The number of aliphatic hydroxyl groups is 1. The van der Waals surface area contributed by atoms with Crippen molar-refractivity contribution >= 4 is 5.91 Å². The monoisotopic (exact) mass is 226 g/mol. The first-order valence-electron chi connectivity index (χ1n) is 5.22. The Labute approximate surface area is 94.7 Å². The second kappa shape index (κ2) is 4.61. The zero-order valence-electron chi connectivity index (χ0n) is 10.1. The van der Waals surface area contributed by atoms with Crippen LogP contribution in [0.1, 0.15) is 37.2 Å². The molecule has 0 unspecified atom stereocenters. The molecule has 6 heteroatoms. The van der Waals surface area contributed by atoms with Crippen molar-refractivity contribution in [1.29, 1.82) is 0 Å². The summed E-state index contributed by atoms with van der Waals surface area (Å²) in [7, 11) is 1.63. The second-order valence-electron chi connectivity index (χ2n) is 4.29. The molecule has 0 bridgehead atoms. The van der Waals surface area contributed by atoms with E-state index in [1.54, 1.807) is 20.9 Å². The average Bonchev–Trinajstić information content (AvgIpc) is 2.75. The number of nitrogens with one attached hydrogen (secondary N) is 1. The molecule has 16 heavy (non-hydrogen) atoms. The van der Waals surface area contributed by atoms with Gasteiger partial charge < -0.3 is 10.0 Å². The van der Waals surface area contributed by atoms with E-state index in [4.69, 9.17) is 5.11 Å². The van der Waals surface area contributed by atoms with Gasteiger partial charge in [0.25, 0.3) is 5.91 Å². The molecule has 0 aliphatic carbocycles. The van der Waals surface area contributed by atoms with Crippen molar-refractivity contribution in [1.82, 2.24) is 20.1 Å². The number of amides is 1. The van der Waals surface area contributed by atoms with Crippen LogP contribution in [0.3, 0.4) is 0 Å². The van der Waals surface area contributed by atoms with Gasteiger partial charge in [-0.2, -0.15) is 0 Å². The predicted molar refractivity (Wildman–Crippen MR) is 59.0 cm³/mol. The molecule has 0 aliphatic heterocycles. The van der Waals surface area contributed by atoms with Crippen LogP contribution in [0.2, 0.25) is 0 Å². The van der Waals surface area contributed by atoms with Gasteiger partial charge in [-0.25, -0.2) is 4.98 Å². The maximum absolute atomic E-state index is 11.9. The number of rotatable bonds is 4. The molecule has 0 spiro atoms. The molecule has 0 aliphatic rings. The molecule has 0 saturated carbocycles. The molecule has 0 fully saturated rings. The molecule has 0 radical (unpaired) electrons. The molecule has 1 rings (SSSR count). The first-order valence-corrected chi connectivity index (χ1v) is 5.22. The van der Waals surface area contributed by atoms with E-state index in [-0.39, 0.29) is 18.3 Å². The van der Waals surface area contributed by atoms with Gasteiger partial charge in [0, 0.05) is 13.5 Å². The summed E-state index contributed by atoms with van der Waals surface area (Å²) in [5.74, 6) is 0.523. The minimum absolute atomic E-state index is 0.111. The highest BCUT2D eigenvalue weighted by Crippen LogP contribution is 2.13. The summed E-state index contributed by atoms with van der Waals surface area (Å²) >= 11 is 0. The van der Waals surface area contributed by atoms with Crippen molar-refractivity contribution < 1.29 is 9.90 Å². The average molecular weight is 226 g/mol. The number of aliphatic hydroxyl groups excluding tert-OH is 1. The minimum Gasteiger partial charge on any atom is -0.394 e. The molecule has 1 amide bonds. The van der Waals surface area contributed by atoms with E-state index in [1.165, 1.54) is 4.90 Å². The van der Waals surface area contributed by atoms with Crippen LogP contribution in [-0.2, 0) is 6.42 Å². The van der Waals surface area contributed by atoms with E-state index in [1.807, 2.05) is 6.92 Å². The molecule has 1 aromatic rings. The maximum atomic E-state index is 11.9. The predicted octanol–water partition coefficient (Wildman–Crippen LogP) is 0.210. The molecule has 90 valence electrons. The summed E-state index contributed by atoms with van der Waals surface area (Å²) in [6.07, 6.45) is 0.702. The van der Waals surface area contributed by atoms with Crippen LogP contribution in [0.4, 0.5) is 0 Å². The number of aryl methyl sites for hydroxylation is 1. The number of aromatic nitrogens is 3. The number of H-pyrrole nitrogens is 1. The van der Waals surface area contributed by atoms with Crippen molar-refractivity contribution in [3.63, 3.8) is 0 Å². The third-order valence-corrected chi connectivity index (χ3v) is 2.66. The van der Waals surface area contributed by atoms with Crippen LogP contribution in [0.15, 0.2) is 0 Å². The molecular weight excluding hydrogens is 208 g/mol. The number of aromatic amines is 1. The molecule has 0 aromatic carbocycles. The number of carbonyl (C=O) groups excluding carboxylic acids is 1. The first-order chi connectivity index (χ1) is 7.42. The third-order valence-electron chi connectivity index (χ3n) is 2.66. The van der Waals surface area contributed by atoms with Gasteiger partial charge in [-0.3, -0.25) is 9.89 Å². The number of hydrogen-bond acceptors (Lipinski definition) is 4. The van der Waals surface area contributed by atoms with Crippen LogP contribution in [-0.4, -0.2) is 50.3 Å². The van der Waals surface area contributed by atoms with Crippen molar-refractivity contribution in [3.8, 4) is 0 Å². The highest BCUT2D eigenvalue weighted by atomic mass is 16.3. The van der Waals surface area contributed by atoms with E-state index in [0.29, 0.717) is 12.2 Å². The van der Waals surface area contributed by atoms with E-state index >= 15 is 0 Å². The molecule has 0 atom stereocenters. The van der Waals surface area contributed by atoms with Crippen LogP contribution < -0.4 is 0 Å². The SMILES string of the molecule is CCc1nc(C(=O)N(C)C(C)(C)CO)n[nH]1. The summed E-state index contributed by atoms with van der Waals surface area (Å²) < 4.78 is 0. The smallest absolute Gasteiger partial charge is 0.293 e. The second-order valence-corrected chi connectivity index (χ2v) is 4.29. The molecular formula is C10H18N4O2. The van der Waals surface area contributed by atoms with E-state index in [9.17, 15) is 4.79 Å². The van der Waals surface area contributed by atoms with E-state index < -0.39 is 5.54 Å². The Morgan fingerprint density at radius 1 is 1.56 bits per heavy atom. The Bertz CT molecular complexity index is 373. The quantitative estimate of drug-likeness (QED) is 0.769. The molecule has 1 aromatic heterocycles. The summed E-state index contributed by atoms with van der Waals surface area (Å²) in [6, 6.07) is 0. The van der Waals surface area contributed by atoms with E-state index in [2.05, 4.69) is 15.2 Å². The van der Waals surface area contributed by atoms with Gasteiger partial charge >= 0.3 is 0 Å². The fourth-order valence-corrected chi connectivity index (χ4v) is 1.08. The van der Waals surface area contributed by atoms with Crippen molar-refractivity contribution in [2.75, 3.05) is 13.7 Å². The fourth-order valence-electron chi connectivity index (χ4n) is 1.08. The summed E-state index contributed by atoms with van der Waals surface area (Å²) in [5, 5.41) is 15.7. The van der Waals surface area contributed by atoms with Crippen molar-refractivity contribution in [2.45, 2.75) is 32.7 Å². The Kier molecular flexibility index (Phi) is 3.64. The van der Waals surface area contributed by atoms with E-state index in [0.717, 1.165) is 0 Å². The zero-order chi connectivity index (χ0) is 12.3. The summed E-state index contributed by atoms with van der Waals surface area (Å²) in [6.45, 7) is 5.37. The lowest BCUT2D eigenvalue weighted by Crippen LogP contribution is -2.48. The lowest BCUT2D eigenvalue weighted by atomic mass is 10.1. The van der Waals surface area contributed by atoms with Gasteiger partial charge in [0.1, 0.15) is 5.82 Å². The van der Waals surface area contributed by atoms with Gasteiger partial charge in [0.2, 0.25) is 5.82 Å². The topological polar surface area (TPSA) is 82.1 Å². The van der Waals surface area contributed by atoms with Gasteiger partial charge in [0.05, 0.1) is 12.1 Å². The van der Waals surface area contributed by atoms with Crippen LogP contribution in [0.5, 0.6) is 0 Å². The van der Waals surface area contributed by atoms with Crippen molar-refractivity contribution in [2.24, 2.45) is 0 Å². The largest absolute Gasteiger partial charge is 0.394 e. The number of likely N-dealkylation sites (N-methyl/N-ethyl adjacent to an activating group) is 1. The first kappa shape index (κ1) is 12.6. The standard InChI is InChI=1S/C10H18N4O2/c1-5-7-11-8(13-12-7)9(16)14(4)10(2,3)6-15/h15H,5-6H2,1-4H3,(H,11,12,13). The van der Waals surface area contributed by atoms with Gasteiger partial charge in [-0.1, -0.05) is 6.92 Å². The normalized spacial score (nSPS) is 11.6. The summed E-state index contributed by atoms with van der Waals surface area (Å²) in [5.41, 5.74) is -0.621. The number of nitrogens with zero attached hydrogens (tertiary/aromatic N) is 3. The third kappa shape index (κ3) is 2.38. The molecule has 2 N–H and O–H groups in total. The number of carbonyl (C=O) groups is 1. The summed E-state index contributed by atoms with van der Waals surface area (Å²) in [4.78, 5) is 17.4. The Balaban J connectivity index is 2.85. The van der Waals surface area contributed by atoms with Crippen molar-refractivity contribution in [3.05, 3.63) is 11.6 Å². The highest BCUT2D eigenvalue weighted by molar-refractivity contribution is 5.90. The lowest BCUT2D eigenvalue weighted by Gasteiger charge is -2.32. The highest BCUT2D eigenvalue weighted by Gasteiger charge is 2.29. The molecule has 6 nitrogen and oxygen atoms in total. The zero-order valence-corrected chi connectivity index (χ0v) is 10.1. The van der Waals surface area contributed by atoms with Gasteiger partial charge in [-0.05, 0) is 13.8 Å². The van der Waals surface area contributed by atoms with Crippen LogP contribution in [0, 0.1) is 0 Å². The minimum atomic E-state index is -0.621. The van der Waals surface area contributed by atoms with Gasteiger partial charge in [0.15, 0.2) is 0 Å². The van der Waals surface area contributed by atoms with Crippen LogP contribution in [0.25, 0.3) is 0 Å². The van der Waals surface area contributed by atoms with Gasteiger partial charge in [-0.15, -0.1) is 5.10 Å². The molecule has 0 saturated heterocycles. The maximum Gasteiger partial charge on any atom is 0.293 e. The number of hydrogen-bond donors (Lipinski definition) is 2. The fraction of sp³-hybridized carbons (Fsp3) is 0.700.